The van der Waals surface area contributed by atoms with Crippen molar-refractivity contribution in [3.63, 3.8) is 0 Å². The number of aromatic nitrogens is 2. The second kappa shape index (κ2) is 12.8. The van der Waals surface area contributed by atoms with Gasteiger partial charge < -0.3 is 24.6 Å². The summed E-state index contributed by atoms with van der Waals surface area (Å²) < 4.78 is 12.7. The molecule has 3 fully saturated rings. The maximum atomic E-state index is 14.9. The number of nitrogens with zero attached hydrogens (tertiary/aromatic N) is 5. The van der Waals surface area contributed by atoms with Crippen molar-refractivity contribution >= 4 is 29.2 Å². The smallest absolute Gasteiger partial charge is 0.246 e. The van der Waals surface area contributed by atoms with Crippen LogP contribution in [0, 0.1) is 30.1 Å². The molecule has 2 aromatic carbocycles. The van der Waals surface area contributed by atoms with E-state index in [9.17, 15) is 19.6 Å². The van der Waals surface area contributed by atoms with Gasteiger partial charge in [0.05, 0.1) is 43.5 Å². The third-order valence-electron chi connectivity index (χ3n) is 9.42. The number of nitrogens with one attached hydrogen (secondary N) is 1. The standard InChI is InChI=1S/C34H37ClN6O5/c1-19-26(32(35)39(2)38-19)29-28(31(42)21-7-5-20(18-36)6-8-21)27(23-11-12-24(45-3)25(17-23)46-4)30(41(29)33(43)22-9-10-22)34(44)40-15-13-37-14-16-40/h5-8,11-12,17,22,27-30,37H,9-10,13-16H2,1-4H3. The number of hydrogen-bond acceptors (Lipinski definition) is 8. The lowest BCUT2D eigenvalue weighted by Gasteiger charge is -2.36. The van der Waals surface area contributed by atoms with Crippen LogP contribution in [0.4, 0.5) is 0 Å². The van der Waals surface area contributed by atoms with Gasteiger partial charge in [-0.15, -0.1) is 0 Å². The molecule has 1 aliphatic carbocycles. The van der Waals surface area contributed by atoms with Gasteiger partial charge in [0.25, 0.3) is 0 Å². The van der Waals surface area contributed by atoms with E-state index in [-0.39, 0.29) is 23.5 Å². The van der Waals surface area contributed by atoms with E-state index in [4.69, 9.17) is 21.1 Å². The average molecular weight is 645 g/mol. The van der Waals surface area contributed by atoms with Gasteiger partial charge in [-0.1, -0.05) is 29.8 Å². The Bertz CT molecular complexity index is 1710. The zero-order chi connectivity index (χ0) is 32.7. The number of methoxy groups -OCH3 is 2. The van der Waals surface area contributed by atoms with Gasteiger partial charge in [0, 0.05) is 56.2 Å². The number of carbonyl (C=O) groups excluding carboxylic acids is 3. The minimum atomic E-state index is -1.00. The molecular formula is C34H37ClN6O5. The van der Waals surface area contributed by atoms with E-state index in [0.29, 0.717) is 83.6 Å². The van der Waals surface area contributed by atoms with Crippen LogP contribution in [0.2, 0.25) is 5.15 Å². The van der Waals surface area contributed by atoms with Crippen molar-refractivity contribution < 1.29 is 23.9 Å². The molecule has 3 aliphatic rings. The van der Waals surface area contributed by atoms with Crippen LogP contribution in [0.3, 0.4) is 0 Å². The predicted octanol–water partition coefficient (Wildman–Crippen LogP) is 3.65. The topological polar surface area (TPSA) is 130 Å². The highest BCUT2D eigenvalue weighted by Crippen LogP contribution is 2.55. The van der Waals surface area contributed by atoms with Gasteiger partial charge in [-0.05, 0) is 49.6 Å². The quantitative estimate of drug-likeness (QED) is 0.368. The Morgan fingerprint density at radius 2 is 1.67 bits per heavy atom. The SMILES string of the molecule is COc1ccc(C2C(C(=O)c3ccc(C#N)cc3)C(c3c(C)nn(C)c3Cl)N(C(=O)C3CC3)C2C(=O)N2CCNCC2)cc1OC. The summed E-state index contributed by atoms with van der Waals surface area (Å²) in [5.74, 6) is -1.65. The summed E-state index contributed by atoms with van der Waals surface area (Å²) in [7, 11) is 4.79. The molecule has 240 valence electrons. The highest BCUT2D eigenvalue weighted by Gasteiger charge is 2.60. The number of amides is 2. The van der Waals surface area contributed by atoms with Gasteiger partial charge in [-0.2, -0.15) is 10.4 Å². The molecule has 11 nitrogen and oxygen atoms in total. The summed E-state index contributed by atoms with van der Waals surface area (Å²) in [5.41, 5.74) is 2.56. The number of Topliss-reactive ketones (excluding diaryl/α,β-unsaturated/α-hetero) is 1. The van der Waals surface area contributed by atoms with Crippen molar-refractivity contribution in [1.29, 1.82) is 5.26 Å². The van der Waals surface area contributed by atoms with E-state index in [1.54, 1.807) is 67.3 Å². The molecule has 2 aliphatic heterocycles. The van der Waals surface area contributed by atoms with E-state index < -0.39 is 23.9 Å². The van der Waals surface area contributed by atoms with Crippen LogP contribution in [0.1, 0.15) is 57.5 Å². The summed E-state index contributed by atoms with van der Waals surface area (Å²) in [6.45, 7) is 4.01. The Morgan fingerprint density at radius 1 is 1.00 bits per heavy atom. The number of aryl methyl sites for hydroxylation is 2. The Kier molecular flexibility index (Phi) is 8.77. The average Bonchev–Trinajstić information content (AvgIpc) is 3.84. The number of likely N-dealkylation sites (tertiary alicyclic amines) is 1. The summed E-state index contributed by atoms with van der Waals surface area (Å²) in [6.07, 6.45) is 1.43. The highest BCUT2D eigenvalue weighted by molar-refractivity contribution is 6.30. The van der Waals surface area contributed by atoms with Crippen molar-refractivity contribution in [1.82, 2.24) is 24.9 Å². The first-order valence-electron chi connectivity index (χ1n) is 15.5. The number of rotatable bonds is 8. The number of hydrogen-bond donors (Lipinski definition) is 1. The third-order valence-corrected chi connectivity index (χ3v) is 9.86. The highest BCUT2D eigenvalue weighted by atomic mass is 35.5. The lowest BCUT2D eigenvalue weighted by molar-refractivity contribution is -0.147. The summed E-state index contributed by atoms with van der Waals surface area (Å²) in [5, 5.41) is 17.6. The zero-order valence-electron chi connectivity index (χ0n) is 26.3. The summed E-state index contributed by atoms with van der Waals surface area (Å²) >= 11 is 6.95. The number of piperazine rings is 1. The molecular weight excluding hydrogens is 608 g/mol. The molecule has 46 heavy (non-hydrogen) atoms. The van der Waals surface area contributed by atoms with Crippen molar-refractivity contribution in [3.8, 4) is 17.6 Å². The Balaban J connectivity index is 1.63. The van der Waals surface area contributed by atoms with Gasteiger partial charge in [-0.25, -0.2) is 0 Å². The van der Waals surface area contributed by atoms with E-state index >= 15 is 0 Å². The molecule has 1 saturated carbocycles. The molecule has 6 rings (SSSR count). The van der Waals surface area contributed by atoms with E-state index in [1.165, 1.54) is 11.8 Å². The van der Waals surface area contributed by atoms with Crippen LogP contribution < -0.4 is 14.8 Å². The van der Waals surface area contributed by atoms with Crippen LogP contribution in [-0.2, 0) is 16.6 Å². The van der Waals surface area contributed by atoms with Crippen molar-refractivity contribution in [3.05, 3.63) is 75.6 Å². The minimum absolute atomic E-state index is 0.168. The summed E-state index contributed by atoms with van der Waals surface area (Å²) in [4.78, 5) is 47.7. The van der Waals surface area contributed by atoms with Crippen molar-refractivity contribution in [2.45, 2.75) is 37.8 Å². The molecule has 12 heteroatoms. The molecule has 0 bridgehead atoms. The van der Waals surface area contributed by atoms with Gasteiger partial charge in [0.2, 0.25) is 11.8 Å². The van der Waals surface area contributed by atoms with E-state index in [1.807, 2.05) is 6.07 Å². The number of nitriles is 1. The fourth-order valence-corrected chi connectivity index (χ4v) is 7.32. The first kappa shape index (κ1) is 31.6. The fraction of sp³-hybridized carbons (Fsp3) is 0.441. The van der Waals surface area contributed by atoms with Gasteiger partial charge in [-0.3, -0.25) is 19.1 Å². The largest absolute Gasteiger partial charge is 0.493 e. The number of ether oxygens (including phenoxy) is 2. The normalized spacial score (nSPS) is 22.8. The lowest BCUT2D eigenvalue weighted by Crippen LogP contribution is -2.55. The van der Waals surface area contributed by atoms with Crippen molar-refractivity contribution in [2.75, 3.05) is 40.4 Å². The van der Waals surface area contributed by atoms with Crippen LogP contribution in [0.25, 0.3) is 0 Å². The maximum absolute atomic E-state index is 14.9. The Morgan fingerprint density at radius 3 is 2.24 bits per heavy atom. The number of carbonyl (C=O) groups is 3. The number of benzene rings is 2. The van der Waals surface area contributed by atoms with Gasteiger partial charge in [0.15, 0.2) is 17.3 Å². The monoisotopic (exact) mass is 644 g/mol. The van der Waals surface area contributed by atoms with E-state index in [0.717, 1.165) is 0 Å². The molecule has 3 heterocycles. The molecule has 2 saturated heterocycles. The number of ketones is 1. The molecule has 3 aromatic rings. The third kappa shape index (κ3) is 5.50. The van der Waals surface area contributed by atoms with Crippen LogP contribution >= 0.6 is 11.6 Å². The predicted molar refractivity (Wildman–Crippen MR) is 170 cm³/mol. The zero-order valence-corrected chi connectivity index (χ0v) is 27.1. The fourth-order valence-electron chi connectivity index (χ4n) is 7.03. The first-order chi connectivity index (χ1) is 22.2. The molecule has 4 unspecified atom stereocenters. The maximum Gasteiger partial charge on any atom is 0.246 e. The van der Waals surface area contributed by atoms with Gasteiger partial charge >= 0.3 is 0 Å². The van der Waals surface area contributed by atoms with E-state index in [2.05, 4.69) is 16.5 Å². The second-order valence-electron chi connectivity index (χ2n) is 12.1. The summed E-state index contributed by atoms with van der Waals surface area (Å²) in [6, 6.07) is 12.0. The molecule has 2 amide bonds. The number of halogens is 1. The van der Waals surface area contributed by atoms with Gasteiger partial charge in [0.1, 0.15) is 11.2 Å². The van der Waals surface area contributed by atoms with Crippen LogP contribution in [0.15, 0.2) is 42.5 Å². The molecule has 0 spiro atoms. The molecule has 1 N–H and O–H groups in total. The lowest BCUT2D eigenvalue weighted by atomic mass is 9.75. The van der Waals surface area contributed by atoms with Crippen LogP contribution in [-0.4, -0.2) is 83.6 Å². The molecule has 1 aromatic heterocycles. The Labute approximate surface area is 273 Å². The Hall–Kier alpha value is -4.40. The van der Waals surface area contributed by atoms with Crippen LogP contribution in [0.5, 0.6) is 11.5 Å². The minimum Gasteiger partial charge on any atom is -0.493 e. The first-order valence-corrected chi connectivity index (χ1v) is 15.8. The molecule has 0 radical (unpaired) electrons. The van der Waals surface area contributed by atoms with Crippen molar-refractivity contribution in [2.24, 2.45) is 18.9 Å². The second-order valence-corrected chi connectivity index (χ2v) is 12.5. The molecule has 4 atom stereocenters.